The number of hydrogen-bond donors (Lipinski definition) is 1. The van der Waals surface area contributed by atoms with Gasteiger partial charge in [0.15, 0.2) is 0 Å². The molecule has 4 aromatic rings. The third kappa shape index (κ3) is 4.24. The summed E-state index contributed by atoms with van der Waals surface area (Å²) < 4.78 is 3.37. The Morgan fingerprint density at radius 1 is 1.00 bits per heavy atom. The molecule has 0 bridgehead atoms. The van der Waals surface area contributed by atoms with Crippen LogP contribution in [0.2, 0.25) is 0 Å². The number of hydrogen-bond acceptors (Lipinski definition) is 2. The third-order valence-corrected chi connectivity index (χ3v) is 5.65. The van der Waals surface area contributed by atoms with Crippen LogP contribution in [0.4, 0.5) is 0 Å². The highest BCUT2D eigenvalue weighted by Gasteiger charge is 2.13. The van der Waals surface area contributed by atoms with Crippen LogP contribution in [0.5, 0.6) is 0 Å². The Morgan fingerprint density at radius 3 is 2.45 bits per heavy atom. The fourth-order valence-electron chi connectivity index (χ4n) is 3.41. The van der Waals surface area contributed by atoms with Gasteiger partial charge in [-0.15, -0.1) is 0 Å². The minimum absolute atomic E-state index is 0.219. The molecule has 5 heteroatoms. The monoisotopic (exact) mass is 493 g/mol. The van der Waals surface area contributed by atoms with Crippen LogP contribution in [0.25, 0.3) is 10.9 Å². The first kappa shape index (κ1) is 19.4. The molecule has 0 saturated heterocycles. The Kier molecular flexibility index (Phi) is 5.76. The maximum absolute atomic E-state index is 12.3. The smallest absolute Gasteiger partial charge is 0.271 e. The summed E-state index contributed by atoms with van der Waals surface area (Å²) in [6, 6.07) is 26.1. The Hall–Kier alpha value is -2.93. The Labute approximate surface area is 183 Å². The fraction of sp³-hybridized carbons (Fsp3) is 0.0833. The maximum atomic E-state index is 12.3. The summed E-state index contributed by atoms with van der Waals surface area (Å²) in [7, 11) is 0. The summed E-state index contributed by atoms with van der Waals surface area (Å²) in [4.78, 5) is 12.3. The molecule has 0 spiro atoms. The second-order valence-corrected chi connectivity index (χ2v) is 8.04. The van der Waals surface area contributed by atoms with E-state index in [0.717, 1.165) is 32.3 Å². The Bertz CT molecular complexity index is 1180. The molecule has 144 valence electrons. The summed E-state index contributed by atoms with van der Waals surface area (Å²) in [5.41, 5.74) is 7.75. The molecule has 1 amide bonds. The van der Waals surface area contributed by atoms with Crippen molar-refractivity contribution in [2.24, 2.45) is 5.10 Å². The summed E-state index contributed by atoms with van der Waals surface area (Å²) >= 11 is 2.21. The van der Waals surface area contributed by atoms with Gasteiger partial charge in [-0.1, -0.05) is 48.5 Å². The lowest BCUT2D eigenvalue weighted by atomic mass is 10.1. The van der Waals surface area contributed by atoms with Gasteiger partial charge in [-0.2, -0.15) is 5.10 Å². The Balaban J connectivity index is 1.62. The normalized spacial score (nSPS) is 11.2. The topological polar surface area (TPSA) is 46.4 Å². The predicted molar refractivity (Wildman–Crippen MR) is 126 cm³/mol. The zero-order chi connectivity index (χ0) is 20.2. The van der Waals surface area contributed by atoms with Crippen molar-refractivity contribution >= 4 is 45.6 Å². The van der Waals surface area contributed by atoms with Gasteiger partial charge >= 0.3 is 0 Å². The van der Waals surface area contributed by atoms with Gasteiger partial charge in [0.05, 0.1) is 6.21 Å². The molecule has 0 atom stereocenters. The molecule has 0 aliphatic heterocycles. The zero-order valence-electron chi connectivity index (χ0n) is 16.0. The van der Waals surface area contributed by atoms with Crippen molar-refractivity contribution in [1.29, 1.82) is 0 Å². The number of carbonyl (C=O) groups is 1. The lowest BCUT2D eigenvalue weighted by Crippen LogP contribution is -2.17. The molecule has 0 saturated carbocycles. The second kappa shape index (κ2) is 8.61. The molecule has 0 radical (unpaired) electrons. The lowest BCUT2D eigenvalue weighted by Gasteiger charge is -2.08. The largest absolute Gasteiger partial charge is 0.340 e. The quantitative estimate of drug-likeness (QED) is 0.227. The first-order valence-corrected chi connectivity index (χ1v) is 10.4. The molecular formula is C24H20IN3O. The van der Waals surface area contributed by atoms with Crippen molar-refractivity contribution in [3.05, 3.63) is 105 Å². The van der Waals surface area contributed by atoms with Crippen LogP contribution in [-0.4, -0.2) is 16.7 Å². The first-order chi connectivity index (χ1) is 14.1. The van der Waals surface area contributed by atoms with E-state index in [1.807, 2.05) is 30.3 Å². The van der Waals surface area contributed by atoms with E-state index < -0.39 is 0 Å². The summed E-state index contributed by atoms with van der Waals surface area (Å²) in [5.74, 6) is -0.219. The van der Waals surface area contributed by atoms with Gasteiger partial charge in [0, 0.05) is 37.8 Å². The molecule has 3 aromatic carbocycles. The number of nitrogens with zero attached hydrogens (tertiary/aromatic N) is 2. The van der Waals surface area contributed by atoms with E-state index in [0.29, 0.717) is 5.56 Å². The van der Waals surface area contributed by atoms with Gasteiger partial charge < -0.3 is 4.57 Å². The van der Waals surface area contributed by atoms with Gasteiger partial charge in [0.1, 0.15) is 0 Å². The molecule has 1 aromatic heterocycles. The maximum Gasteiger partial charge on any atom is 0.271 e. The molecule has 0 fully saturated rings. The van der Waals surface area contributed by atoms with Gasteiger partial charge in [0.2, 0.25) is 0 Å². The van der Waals surface area contributed by atoms with E-state index in [4.69, 9.17) is 0 Å². The van der Waals surface area contributed by atoms with E-state index >= 15 is 0 Å². The van der Waals surface area contributed by atoms with Crippen molar-refractivity contribution in [2.75, 3.05) is 0 Å². The van der Waals surface area contributed by atoms with Gasteiger partial charge in [-0.3, -0.25) is 4.79 Å². The van der Waals surface area contributed by atoms with Crippen molar-refractivity contribution in [3.8, 4) is 0 Å². The van der Waals surface area contributed by atoms with Crippen molar-refractivity contribution < 1.29 is 4.79 Å². The lowest BCUT2D eigenvalue weighted by molar-refractivity contribution is 0.0955. The van der Waals surface area contributed by atoms with Crippen molar-refractivity contribution in [3.63, 3.8) is 0 Å². The van der Waals surface area contributed by atoms with Gasteiger partial charge in [-0.05, 0) is 65.4 Å². The molecule has 0 unspecified atom stereocenters. The number of para-hydroxylation sites is 1. The SMILES string of the molecule is Cc1c(/C=N\NC(=O)c2ccc(I)cc2)c2ccccc2n1Cc1ccccc1. The Morgan fingerprint density at radius 2 is 1.69 bits per heavy atom. The first-order valence-electron chi connectivity index (χ1n) is 9.34. The average molecular weight is 493 g/mol. The van der Waals surface area contributed by atoms with E-state index in [2.05, 4.69) is 81.0 Å². The third-order valence-electron chi connectivity index (χ3n) is 4.93. The van der Waals surface area contributed by atoms with Crippen LogP contribution in [0.15, 0.2) is 84.0 Å². The molecule has 0 aliphatic rings. The molecule has 4 rings (SSSR count). The second-order valence-electron chi connectivity index (χ2n) is 6.79. The molecular weight excluding hydrogens is 473 g/mol. The van der Waals surface area contributed by atoms with E-state index in [1.54, 1.807) is 18.3 Å². The molecule has 1 N–H and O–H groups in total. The minimum Gasteiger partial charge on any atom is -0.340 e. The number of rotatable bonds is 5. The summed E-state index contributed by atoms with van der Waals surface area (Å²) in [5, 5.41) is 5.35. The van der Waals surface area contributed by atoms with E-state index in [9.17, 15) is 4.79 Å². The van der Waals surface area contributed by atoms with Crippen LogP contribution in [0, 0.1) is 10.5 Å². The predicted octanol–water partition coefficient (Wildman–Crippen LogP) is 5.37. The number of carbonyl (C=O) groups excluding carboxylic acids is 1. The number of benzene rings is 3. The molecule has 4 nitrogen and oxygen atoms in total. The zero-order valence-corrected chi connectivity index (χ0v) is 18.1. The fourth-order valence-corrected chi connectivity index (χ4v) is 3.77. The summed E-state index contributed by atoms with van der Waals surface area (Å²) in [6.07, 6.45) is 1.74. The minimum atomic E-state index is -0.219. The molecule has 29 heavy (non-hydrogen) atoms. The van der Waals surface area contributed by atoms with Crippen LogP contribution in [0.1, 0.15) is 27.2 Å². The van der Waals surface area contributed by atoms with Crippen LogP contribution >= 0.6 is 22.6 Å². The standard InChI is InChI=1S/C24H20IN3O/c1-17-22(15-26-27-24(29)19-11-13-20(25)14-12-19)21-9-5-6-10-23(21)28(17)16-18-7-3-2-4-8-18/h2-15H,16H2,1H3,(H,27,29)/b26-15-. The van der Waals surface area contributed by atoms with Gasteiger partial charge in [0.25, 0.3) is 5.91 Å². The van der Waals surface area contributed by atoms with Crippen LogP contribution in [0.3, 0.4) is 0 Å². The number of aromatic nitrogens is 1. The highest BCUT2D eigenvalue weighted by atomic mass is 127. The summed E-state index contributed by atoms with van der Waals surface area (Å²) in [6.45, 7) is 2.88. The van der Waals surface area contributed by atoms with E-state index in [-0.39, 0.29) is 5.91 Å². The van der Waals surface area contributed by atoms with Crippen molar-refractivity contribution in [1.82, 2.24) is 9.99 Å². The van der Waals surface area contributed by atoms with Crippen molar-refractivity contribution in [2.45, 2.75) is 13.5 Å². The molecule has 1 heterocycles. The number of halogens is 1. The number of hydrazone groups is 1. The van der Waals surface area contributed by atoms with Crippen LogP contribution < -0.4 is 5.43 Å². The van der Waals surface area contributed by atoms with Crippen LogP contribution in [-0.2, 0) is 6.54 Å². The highest BCUT2D eigenvalue weighted by molar-refractivity contribution is 14.1. The highest BCUT2D eigenvalue weighted by Crippen LogP contribution is 2.25. The number of fused-ring (bicyclic) bond motifs is 1. The number of nitrogens with one attached hydrogen (secondary N) is 1. The average Bonchev–Trinajstić information content (AvgIpc) is 3.01. The van der Waals surface area contributed by atoms with E-state index in [1.165, 1.54) is 5.56 Å². The van der Waals surface area contributed by atoms with Gasteiger partial charge in [-0.25, -0.2) is 5.43 Å². The number of amides is 1. The molecule has 0 aliphatic carbocycles.